The number of rotatable bonds is 3. The van der Waals surface area contributed by atoms with Crippen LogP contribution in [0.4, 0.5) is 0 Å². The Morgan fingerprint density at radius 3 is 1.30 bits per heavy atom. The Morgan fingerprint density at radius 2 is 0.750 bits per heavy atom. The second-order valence-electron chi connectivity index (χ2n) is 13.0. The fraction of sp³-hybridized carbons (Fsp3) is 0.0909. The first kappa shape index (κ1) is 26.4. The highest BCUT2D eigenvalue weighted by molar-refractivity contribution is 6.22. The number of benzene rings is 8. The molecule has 0 amide bonds. The van der Waals surface area contributed by atoms with E-state index < -0.39 is 0 Å². The van der Waals surface area contributed by atoms with Crippen LogP contribution in [-0.2, 0) is 5.41 Å². The van der Waals surface area contributed by atoms with Gasteiger partial charge in [0.2, 0.25) is 0 Å². The summed E-state index contributed by atoms with van der Waals surface area (Å²) in [5, 5.41) is 10.2. The minimum atomic E-state index is 0.124. The van der Waals surface area contributed by atoms with E-state index in [0.29, 0.717) is 0 Å². The SMILES string of the molecule is CC(C)(C)c1ccc(-c2ccc3c(-c4ccc5ccccc5c4)c4ccccc4c(-c4ccc5ccccc5c4)c3c2)cc1. The standard InChI is InChI=1S/C44H34/c1-44(2,3)37-23-20-31(21-24-37)34-22-25-40-41(28-34)43(36-19-17-30-11-5-7-13-33(30)27-36)39-15-9-8-14-38(39)42(40)35-18-16-29-10-4-6-12-32(29)26-35/h4-28H,1-3H3. The molecular formula is C44H34. The van der Waals surface area contributed by atoms with Gasteiger partial charge in [-0.1, -0.05) is 154 Å². The van der Waals surface area contributed by atoms with Crippen LogP contribution in [0.25, 0.3) is 76.5 Å². The van der Waals surface area contributed by atoms with E-state index in [1.54, 1.807) is 0 Å². The molecular weight excluding hydrogens is 528 g/mol. The van der Waals surface area contributed by atoms with Gasteiger partial charge in [-0.25, -0.2) is 0 Å². The van der Waals surface area contributed by atoms with E-state index in [4.69, 9.17) is 0 Å². The minimum absolute atomic E-state index is 0.124. The van der Waals surface area contributed by atoms with Crippen molar-refractivity contribution in [3.63, 3.8) is 0 Å². The van der Waals surface area contributed by atoms with Crippen LogP contribution >= 0.6 is 0 Å². The lowest BCUT2D eigenvalue weighted by Crippen LogP contribution is -2.10. The molecule has 0 aromatic heterocycles. The van der Waals surface area contributed by atoms with Gasteiger partial charge in [-0.2, -0.15) is 0 Å². The van der Waals surface area contributed by atoms with Crippen LogP contribution in [0.3, 0.4) is 0 Å². The van der Waals surface area contributed by atoms with Crippen molar-refractivity contribution in [2.75, 3.05) is 0 Å². The Hall–Kier alpha value is -5.20. The van der Waals surface area contributed by atoms with E-state index in [1.165, 1.54) is 82.0 Å². The molecule has 0 heteroatoms. The highest BCUT2D eigenvalue weighted by atomic mass is 14.2. The van der Waals surface area contributed by atoms with Gasteiger partial charge in [0, 0.05) is 0 Å². The molecule has 0 aliphatic heterocycles. The summed E-state index contributed by atoms with van der Waals surface area (Å²) in [4.78, 5) is 0. The Bertz CT molecular complexity index is 2350. The van der Waals surface area contributed by atoms with Crippen molar-refractivity contribution in [2.24, 2.45) is 0 Å². The number of hydrogen-bond acceptors (Lipinski definition) is 0. The van der Waals surface area contributed by atoms with E-state index >= 15 is 0 Å². The Balaban J connectivity index is 1.46. The third-order valence-corrected chi connectivity index (χ3v) is 9.18. The van der Waals surface area contributed by atoms with Crippen molar-refractivity contribution in [2.45, 2.75) is 26.2 Å². The van der Waals surface area contributed by atoms with Crippen LogP contribution in [0.2, 0.25) is 0 Å². The summed E-state index contributed by atoms with van der Waals surface area (Å²) in [6, 6.07) is 56.3. The van der Waals surface area contributed by atoms with Gasteiger partial charge in [-0.05, 0) is 106 Å². The lowest BCUT2D eigenvalue weighted by atomic mass is 9.83. The maximum absolute atomic E-state index is 2.42. The fourth-order valence-electron chi connectivity index (χ4n) is 6.83. The Labute approximate surface area is 259 Å². The fourth-order valence-corrected chi connectivity index (χ4v) is 6.83. The van der Waals surface area contributed by atoms with Crippen LogP contribution in [0, 0.1) is 0 Å². The second kappa shape index (κ2) is 10.2. The minimum Gasteiger partial charge on any atom is -0.0616 e. The maximum Gasteiger partial charge on any atom is -0.00259 e. The van der Waals surface area contributed by atoms with E-state index in [9.17, 15) is 0 Å². The predicted octanol–water partition coefficient (Wildman–Crippen LogP) is 12.6. The van der Waals surface area contributed by atoms with Crippen LogP contribution in [-0.4, -0.2) is 0 Å². The molecule has 0 aliphatic carbocycles. The normalized spacial score (nSPS) is 12.0. The molecule has 0 fully saturated rings. The molecule has 0 nitrogen and oxygen atoms in total. The van der Waals surface area contributed by atoms with E-state index in [1.807, 2.05) is 0 Å². The molecule has 8 rings (SSSR count). The van der Waals surface area contributed by atoms with Gasteiger partial charge in [-0.3, -0.25) is 0 Å². The monoisotopic (exact) mass is 562 g/mol. The molecule has 0 bridgehead atoms. The molecule has 0 saturated heterocycles. The van der Waals surface area contributed by atoms with Gasteiger partial charge in [0.25, 0.3) is 0 Å². The zero-order valence-electron chi connectivity index (χ0n) is 25.4. The van der Waals surface area contributed by atoms with Crippen molar-refractivity contribution in [1.82, 2.24) is 0 Å². The maximum atomic E-state index is 2.42. The third-order valence-electron chi connectivity index (χ3n) is 9.18. The highest BCUT2D eigenvalue weighted by Crippen LogP contribution is 2.45. The average Bonchev–Trinajstić information content (AvgIpc) is 3.06. The summed E-state index contributed by atoms with van der Waals surface area (Å²) in [6.07, 6.45) is 0. The summed E-state index contributed by atoms with van der Waals surface area (Å²) in [5.41, 5.74) is 9.03. The first-order valence-corrected chi connectivity index (χ1v) is 15.5. The van der Waals surface area contributed by atoms with Crippen molar-refractivity contribution in [3.05, 3.63) is 157 Å². The molecule has 8 aromatic rings. The van der Waals surface area contributed by atoms with Gasteiger partial charge in [0.05, 0.1) is 0 Å². The molecule has 0 radical (unpaired) electrons. The van der Waals surface area contributed by atoms with Gasteiger partial charge in [0.1, 0.15) is 0 Å². The zero-order chi connectivity index (χ0) is 29.8. The van der Waals surface area contributed by atoms with E-state index in [-0.39, 0.29) is 5.41 Å². The third kappa shape index (κ3) is 4.46. The molecule has 0 unspecified atom stereocenters. The van der Waals surface area contributed by atoms with Gasteiger partial charge >= 0.3 is 0 Å². The summed E-state index contributed by atoms with van der Waals surface area (Å²) in [5.74, 6) is 0. The Kier molecular flexibility index (Phi) is 6.13. The predicted molar refractivity (Wildman–Crippen MR) is 191 cm³/mol. The average molecular weight is 563 g/mol. The van der Waals surface area contributed by atoms with Crippen molar-refractivity contribution >= 4 is 43.1 Å². The largest absolute Gasteiger partial charge is 0.0616 e. The highest BCUT2D eigenvalue weighted by Gasteiger charge is 2.19. The summed E-state index contributed by atoms with van der Waals surface area (Å²) >= 11 is 0. The van der Waals surface area contributed by atoms with E-state index in [0.717, 1.165) is 0 Å². The van der Waals surface area contributed by atoms with Crippen LogP contribution in [0.1, 0.15) is 26.3 Å². The topological polar surface area (TPSA) is 0 Å². The molecule has 0 N–H and O–H groups in total. The van der Waals surface area contributed by atoms with Crippen molar-refractivity contribution in [3.8, 4) is 33.4 Å². The molecule has 8 aromatic carbocycles. The quantitative estimate of drug-likeness (QED) is 0.188. The van der Waals surface area contributed by atoms with Crippen LogP contribution in [0.5, 0.6) is 0 Å². The van der Waals surface area contributed by atoms with Crippen molar-refractivity contribution < 1.29 is 0 Å². The first-order valence-electron chi connectivity index (χ1n) is 15.5. The number of fused-ring (bicyclic) bond motifs is 4. The summed E-state index contributed by atoms with van der Waals surface area (Å²) in [6.45, 7) is 6.81. The smallest absolute Gasteiger partial charge is 0.00259 e. The van der Waals surface area contributed by atoms with Gasteiger partial charge < -0.3 is 0 Å². The summed E-state index contributed by atoms with van der Waals surface area (Å²) < 4.78 is 0. The first-order chi connectivity index (χ1) is 21.4. The van der Waals surface area contributed by atoms with Crippen LogP contribution < -0.4 is 0 Å². The Morgan fingerprint density at radius 1 is 0.318 bits per heavy atom. The zero-order valence-corrected chi connectivity index (χ0v) is 25.4. The molecule has 0 saturated carbocycles. The molecule has 0 spiro atoms. The molecule has 210 valence electrons. The van der Waals surface area contributed by atoms with Crippen LogP contribution in [0.15, 0.2) is 152 Å². The summed E-state index contributed by atoms with van der Waals surface area (Å²) in [7, 11) is 0. The lowest BCUT2D eigenvalue weighted by molar-refractivity contribution is 0.590. The van der Waals surface area contributed by atoms with Gasteiger partial charge in [0.15, 0.2) is 0 Å². The number of hydrogen-bond donors (Lipinski definition) is 0. The molecule has 0 heterocycles. The molecule has 44 heavy (non-hydrogen) atoms. The lowest BCUT2D eigenvalue weighted by Gasteiger charge is -2.20. The molecule has 0 aliphatic rings. The van der Waals surface area contributed by atoms with Gasteiger partial charge in [-0.15, -0.1) is 0 Å². The van der Waals surface area contributed by atoms with Crippen molar-refractivity contribution in [1.29, 1.82) is 0 Å². The molecule has 0 atom stereocenters. The second-order valence-corrected chi connectivity index (χ2v) is 13.0. The van der Waals surface area contributed by atoms with E-state index in [2.05, 4.69) is 172 Å².